The highest BCUT2D eigenvalue weighted by Gasteiger charge is 2.31. The molecule has 0 bridgehead atoms. The third-order valence-corrected chi connectivity index (χ3v) is 7.00. The van der Waals surface area contributed by atoms with Crippen LogP contribution in [0.3, 0.4) is 0 Å². The highest BCUT2D eigenvalue weighted by molar-refractivity contribution is 6.06. The van der Waals surface area contributed by atoms with Crippen LogP contribution in [0.1, 0.15) is 40.5 Å². The first-order chi connectivity index (χ1) is 17.7. The number of hydrogen-bond acceptors (Lipinski definition) is 6. The molecule has 0 spiro atoms. The van der Waals surface area contributed by atoms with E-state index in [2.05, 4.69) is 9.88 Å². The number of piperazine rings is 1. The topological polar surface area (TPSA) is 76.4 Å². The molecule has 4 heterocycles. The van der Waals surface area contributed by atoms with Gasteiger partial charge in [-0.2, -0.15) is 9.78 Å². The molecule has 8 nitrogen and oxygen atoms in total. The van der Waals surface area contributed by atoms with Crippen LogP contribution >= 0.6 is 0 Å². The van der Waals surface area contributed by atoms with Crippen molar-refractivity contribution in [3.63, 3.8) is 0 Å². The summed E-state index contributed by atoms with van der Waals surface area (Å²) in [7, 11) is 0. The van der Waals surface area contributed by atoms with Crippen LogP contribution in [0.5, 0.6) is 5.75 Å². The number of carbonyl (C=O) groups excluding carboxylic acids is 1. The van der Waals surface area contributed by atoms with Gasteiger partial charge in [-0.05, 0) is 50.1 Å². The molecule has 1 aromatic carbocycles. The van der Waals surface area contributed by atoms with Gasteiger partial charge in [0.15, 0.2) is 11.5 Å². The Morgan fingerprint density at radius 3 is 2.53 bits per heavy atom. The Balaban J connectivity index is 1.20. The minimum absolute atomic E-state index is 0.0631. The van der Waals surface area contributed by atoms with Crippen molar-refractivity contribution in [3.05, 3.63) is 77.7 Å². The van der Waals surface area contributed by atoms with E-state index >= 15 is 0 Å². The molecule has 1 saturated heterocycles. The number of hydrogen-bond donors (Lipinski definition) is 0. The quantitative estimate of drug-likeness (QED) is 0.398. The molecule has 2 aliphatic rings. The number of pyridine rings is 2. The lowest BCUT2D eigenvalue weighted by Gasteiger charge is -2.34. The maximum absolute atomic E-state index is 13.8. The van der Waals surface area contributed by atoms with E-state index in [1.54, 1.807) is 10.9 Å². The number of nitrogens with zero attached hydrogens (tertiary/aromatic N) is 6. The Kier molecular flexibility index (Phi) is 6.11. The molecule has 1 aliphatic heterocycles. The summed E-state index contributed by atoms with van der Waals surface area (Å²) >= 11 is 0. The lowest BCUT2D eigenvalue weighted by Crippen LogP contribution is -2.49. The van der Waals surface area contributed by atoms with E-state index in [0.717, 1.165) is 60.6 Å². The van der Waals surface area contributed by atoms with Crippen LogP contribution in [0.15, 0.2) is 60.8 Å². The van der Waals surface area contributed by atoms with Gasteiger partial charge in [-0.1, -0.05) is 24.3 Å². The van der Waals surface area contributed by atoms with Gasteiger partial charge in [0.25, 0.3) is 5.91 Å². The second-order valence-corrected chi connectivity index (χ2v) is 9.55. The largest absolute Gasteiger partial charge is 0.492 e. The van der Waals surface area contributed by atoms with Crippen LogP contribution in [-0.4, -0.2) is 74.8 Å². The van der Waals surface area contributed by atoms with Crippen molar-refractivity contribution in [1.82, 2.24) is 29.5 Å². The molecule has 0 unspecified atom stereocenters. The Morgan fingerprint density at radius 2 is 1.81 bits per heavy atom. The van der Waals surface area contributed by atoms with E-state index in [1.807, 2.05) is 66.4 Å². The van der Waals surface area contributed by atoms with Crippen molar-refractivity contribution in [3.8, 4) is 11.6 Å². The average molecular weight is 483 g/mol. The van der Waals surface area contributed by atoms with Gasteiger partial charge >= 0.3 is 0 Å². The number of aromatic nitrogens is 4. The molecule has 36 heavy (non-hydrogen) atoms. The van der Waals surface area contributed by atoms with Crippen LogP contribution in [0, 0.1) is 6.92 Å². The predicted octanol–water partition coefficient (Wildman–Crippen LogP) is 3.84. The Morgan fingerprint density at radius 1 is 1.03 bits per heavy atom. The molecule has 6 rings (SSSR count). The molecule has 1 amide bonds. The van der Waals surface area contributed by atoms with E-state index in [-0.39, 0.29) is 5.91 Å². The number of carbonyl (C=O) groups is 1. The zero-order valence-electron chi connectivity index (χ0n) is 20.5. The second-order valence-electron chi connectivity index (χ2n) is 9.55. The summed E-state index contributed by atoms with van der Waals surface area (Å²) in [5.41, 5.74) is 3.21. The van der Waals surface area contributed by atoms with E-state index in [0.29, 0.717) is 37.0 Å². The van der Waals surface area contributed by atoms with Gasteiger partial charge in [0.1, 0.15) is 12.4 Å². The minimum atomic E-state index is 0.0631. The lowest BCUT2D eigenvalue weighted by atomic mass is 10.1. The van der Waals surface area contributed by atoms with Gasteiger partial charge in [0.2, 0.25) is 0 Å². The lowest BCUT2D eigenvalue weighted by molar-refractivity contribution is 0.0622. The maximum Gasteiger partial charge on any atom is 0.254 e. The Labute approximate surface area is 210 Å². The summed E-state index contributed by atoms with van der Waals surface area (Å²) in [4.78, 5) is 27.6. The van der Waals surface area contributed by atoms with E-state index < -0.39 is 0 Å². The molecule has 8 heteroatoms. The average Bonchev–Trinajstić information content (AvgIpc) is 3.73. The Bertz CT molecular complexity index is 1360. The fourth-order valence-corrected chi connectivity index (χ4v) is 4.86. The number of fused-ring (bicyclic) bond motifs is 1. The summed E-state index contributed by atoms with van der Waals surface area (Å²) < 4.78 is 7.63. The summed E-state index contributed by atoms with van der Waals surface area (Å²) in [6.07, 6.45) is 3.98. The SMILES string of the molecule is Cc1nn(-c2ccccn2)c2nc(C3CC3)cc(C(=O)N3CCN(CCOc4ccccc4)CC3)c12. The zero-order valence-corrected chi connectivity index (χ0v) is 20.5. The number of rotatable bonds is 7. The number of amides is 1. The molecule has 4 aromatic rings. The monoisotopic (exact) mass is 482 g/mol. The molecule has 0 N–H and O–H groups in total. The fraction of sp³-hybridized carbons (Fsp3) is 0.357. The van der Waals surface area contributed by atoms with Gasteiger partial charge in [-0.15, -0.1) is 0 Å². The molecular weight excluding hydrogens is 452 g/mol. The molecule has 1 saturated carbocycles. The number of para-hydroxylation sites is 1. The van der Waals surface area contributed by atoms with E-state index in [4.69, 9.17) is 14.8 Å². The summed E-state index contributed by atoms with van der Waals surface area (Å²) in [6, 6.07) is 17.6. The van der Waals surface area contributed by atoms with Gasteiger partial charge in [-0.3, -0.25) is 9.69 Å². The van der Waals surface area contributed by atoms with Gasteiger partial charge < -0.3 is 9.64 Å². The first kappa shape index (κ1) is 22.7. The van der Waals surface area contributed by atoms with Crippen molar-refractivity contribution < 1.29 is 9.53 Å². The van der Waals surface area contributed by atoms with Crippen molar-refractivity contribution in [2.24, 2.45) is 0 Å². The zero-order chi connectivity index (χ0) is 24.5. The van der Waals surface area contributed by atoms with Crippen molar-refractivity contribution in [1.29, 1.82) is 0 Å². The molecule has 2 fully saturated rings. The number of aryl methyl sites for hydroxylation is 1. The molecule has 3 aromatic heterocycles. The third kappa shape index (κ3) is 4.56. The first-order valence-electron chi connectivity index (χ1n) is 12.7. The van der Waals surface area contributed by atoms with Crippen LogP contribution < -0.4 is 4.74 Å². The summed E-state index contributed by atoms with van der Waals surface area (Å²) in [6.45, 7) is 6.49. The minimum Gasteiger partial charge on any atom is -0.492 e. The van der Waals surface area contributed by atoms with Gasteiger partial charge in [-0.25, -0.2) is 9.97 Å². The van der Waals surface area contributed by atoms with Gasteiger partial charge in [0.05, 0.1) is 16.6 Å². The maximum atomic E-state index is 13.8. The van der Waals surface area contributed by atoms with Crippen LogP contribution in [0.25, 0.3) is 16.9 Å². The number of ether oxygens (including phenoxy) is 1. The third-order valence-electron chi connectivity index (χ3n) is 7.00. The molecule has 184 valence electrons. The van der Waals surface area contributed by atoms with Crippen molar-refractivity contribution in [2.75, 3.05) is 39.3 Å². The van der Waals surface area contributed by atoms with Crippen LogP contribution in [-0.2, 0) is 0 Å². The standard InChI is InChI=1S/C28H30N6O2/c1-20-26-23(19-24(21-10-11-21)30-27(26)34(31-20)25-9-5-6-12-29-25)28(35)33-15-13-32(14-16-33)17-18-36-22-7-3-2-4-8-22/h2-9,12,19,21H,10-11,13-18H2,1H3. The second kappa shape index (κ2) is 9.70. The van der Waals surface area contributed by atoms with Crippen LogP contribution in [0.2, 0.25) is 0 Å². The Hall–Kier alpha value is -3.78. The van der Waals surface area contributed by atoms with Gasteiger partial charge in [0, 0.05) is 50.5 Å². The highest BCUT2D eigenvalue weighted by atomic mass is 16.5. The molecule has 0 atom stereocenters. The predicted molar refractivity (Wildman–Crippen MR) is 138 cm³/mol. The summed E-state index contributed by atoms with van der Waals surface area (Å²) in [5, 5.41) is 5.57. The van der Waals surface area contributed by atoms with E-state index in [1.165, 1.54) is 0 Å². The molecule has 0 radical (unpaired) electrons. The summed E-state index contributed by atoms with van der Waals surface area (Å²) in [5.74, 6) is 2.09. The molecular formula is C28H30N6O2. The highest BCUT2D eigenvalue weighted by Crippen LogP contribution is 2.41. The smallest absolute Gasteiger partial charge is 0.254 e. The van der Waals surface area contributed by atoms with Crippen molar-refractivity contribution in [2.45, 2.75) is 25.7 Å². The van der Waals surface area contributed by atoms with Crippen molar-refractivity contribution >= 4 is 16.9 Å². The van der Waals surface area contributed by atoms with Crippen LogP contribution in [0.4, 0.5) is 0 Å². The normalized spacial score (nSPS) is 16.4. The number of benzene rings is 1. The molecule has 1 aliphatic carbocycles. The first-order valence-corrected chi connectivity index (χ1v) is 12.7. The fourth-order valence-electron chi connectivity index (χ4n) is 4.86. The van der Waals surface area contributed by atoms with E-state index in [9.17, 15) is 4.79 Å².